The minimum Gasteiger partial charge on any atom is -0.344 e. The summed E-state index contributed by atoms with van der Waals surface area (Å²) in [5, 5.41) is 4.74. The van der Waals surface area contributed by atoms with Gasteiger partial charge in [0.05, 0.1) is 5.52 Å². The fourth-order valence-electron chi connectivity index (χ4n) is 3.35. The van der Waals surface area contributed by atoms with Crippen molar-refractivity contribution < 1.29 is 0 Å². The zero-order valence-corrected chi connectivity index (χ0v) is 11.4. The first-order chi connectivity index (χ1) is 8.83. The van der Waals surface area contributed by atoms with Crippen LogP contribution in [0.25, 0.3) is 10.9 Å². The van der Waals surface area contributed by atoms with Gasteiger partial charge in [-0.3, -0.25) is 0 Å². The average molecular weight is 242 g/mol. The molecule has 0 aliphatic carbocycles. The Bertz CT molecular complexity index is 566. The molecule has 0 fully saturated rings. The van der Waals surface area contributed by atoms with Crippen LogP contribution in [0.3, 0.4) is 0 Å². The first-order valence-electron chi connectivity index (χ1n) is 7.07. The molecule has 3 rings (SSSR count). The number of para-hydroxylation sites is 1. The van der Waals surface area contributed by atoms with Crippen molar-refractivity contribution in [1.29, 1.82) is 0 Å². The van der Waals surface area contributed by atoms with Gasteiger partial charge in [0, 0.05) is 17.6 Å². The van der Waals surface area contributed by atoms with Crippen LogP contribution in [0.2, 0.25) is 0 Å². The van der Waals surface area contributed by atoms with E-state index in [0.29, 0.717) is 0 Å². The third-order valence-electron chi connectivity index (χ3n) is 4.24. The van der Waals surface area contributed by atoms with Gasteiger partial charge in [-0.25, -0.2) is 0 Å². The molecule has 18 heavy (non-hydrogen) atoms. The summed E-state index contributed by atoms with van der Waals surface area (Å²) in [6, 6.07) is 6.84. The van der Waals surface area contributed by atoms with Crippen LogP contribution in [-0.2, 0) is 19.4 Å². The van der Waals surface area contributed by atoms with Gasteiger partial charge in [-0.2, -0.15) is 0 Å². The van der Waals surface area contributed by atoms with Crippen molar-refractivity contribution in [3.8, 4) is 0 Å². The van der Waals surface area contributed by atoms with Crippen LogP contribution in [0, 0.1) is 6.92 Å². The van der Waals surface area contributed by atoms with E-state index in [1.807, 2.05) is 7.05 Å². The first-order valence-corrected chi connectivity index (χ1v) is 7.07. The minimum atomic E-state index is 1.10. The lowest BCUT2D eigenvalue weighted by atomic mass is 10.0. The van der Waals surface area contributed by atoms with Crippen LogP contribution in [0.1, 0.15) is 29.7 Å². The molecule has 0 radical (unpaired) electrons. The monoisotopic (exact) mass is 242 g/mol. The largest absolute Gasteiger partial charge is 0.344 e. The van der Waals surface area contributed by atoms with Gasteiger partial charge in [0.15, 0.2) is 0 Å². The number of hydrogen-bond donors (Lipinski definition) is 1. The number of hydrogen-bond acceptors (Lipinski definition) is 1. The maximum Gasteiger partial charge on any atom is 0.0517 e. The highest BCUT2D eigenvalue weighted by atomic mass is 15.0. The van der Waals surface area contributed by atoms with Crippen molar-refractivity contribution in [2.45, 2.75) is 39.2 Å². The molecule has 0 saturated carbocycles. The Hall–Kier alpha value is -1.28. The molecule has 96 valence electrons. The summed E-state index contributed by atoms with van der Waals surface area (Å²) in [4.78, 5) is 0. The molecular weight excluding hydrogens is 220 g/mol. The first kappa shape index (κ1) is 11.8. The Morgan fingerprint density at radius 1 is 1.33 bits per heavy atom. The Balaban J connectivity index is 2.09. The van der Waals surface area contributed by atoms with Crippen molar-refractivity contribution >= 4 is 10.9 Å². The highest BCUT2D eigenvalue weighted by Gasteiger charge is 2.18. The van der Waals surface area contributed by atoms with E-state index in [9.17, 15) is 0 Å². The topological polar surface area (TPSA) is 17.0 Å². The average Bonchev–Trinajstić information content (AvgIpc) is 2.67. The molecule has 2 nitrogen and oxygen atoms in total. The second-order valence-corrected chi connectivity index (χ2v) is 5.34. The number of nitrogens with zero attached hydrogens (tertiary/aromatic N) is 1. The van der Waals surface area contributed by atoms with Crippen LogP contribution < -0.4 is 5.32 Å². The lowest BCUT2D eigenvalue weighted by Gasteiger charge is -2.16. The molecule has 0 bridgehead atoms. The molecule has 1 aliphatic rings. The summed E-state index contributed by atoms with van der Waals surface area (Å²) in [5.74, 6) is 0. The van der Waals surface area contributed by atoms with E-state index in [1.54, 1.807) is 11.1 Å². The molecule has 2 heterocycles. The molecule has 0 unspecified atom stereocenters. The van der Waals surface area contributed by atoms with Crippen molar-refractivity contribution in [3.05, 3.63) is 35.0 Å². The molecular formula is C16H22N2. The van der Waals surface area contributed by atoms with E-state index < -0.39 is 0 Å². The molecule has 0 atom stereocenters. The van der Waals surface area contributed by atoms with E-state index in [-0.39, 0.29) is 0 Å². The van der Waals surface area contributed by atoms with E-state index in [4.69, 9.17) is 0 Å². The van der Waals surface area contributed by atoms with Crippen molar-refractivity contribution in [3.63, 3.8) is 0 Å². The van der Waals surface area contributed by atoms with Crippen molar-refractivity contribution in [1.82, 2.24) is 9.88 Å². The summed E-state index contributed by atoms with van der Waals surface area (Å²) in [6.45, 7) is 4.60. The second kappa shape index (κ2) is 4.77. The van der Waals surface area contributed by atoms with Crippen molar-refractivity contribution in [2.75, 3.05) is 13.6 Å². The number of rotatable bonds is 4. The van der Waals surface area contributed by atoms with E-state index in [2.05, 4.69) is 35.0 Å². The smallest absolute Gasteiger partial charge is 0.0517 e. The summed E-state index contributed by atoms with van der Waals surface area (Å²) in [5.41, 5.74) is 6.12. The quantitative estimate of drug-likeness (QED) is 0.815. The van der Waals surface area contributed by atoms with Gasteiger partial charge >= 0.3 is 0 Å². The van der Waals surface area contributed by atoms with Gasteiger partial charge < -0.3 is 9.88 Å². The highest BCUT2D eigenvalue weighted by Crippen LogP contribution is 2.32. The Morgan fingerprint density at radius 3 is 3.06 bits per heavy atom. The van der Waals surface area contributed by atoms with Gasteiger partial charge in [-0.1, -0.05) is 18.2 Å². The highest BCUT2D eigenvalue weighted by molar-refractivity contribution is 5.88. The predicted octanol–water partition coefficient (Wildman–Crippen LogP) is 3.05. The van der Waals surface area contributed by atoms with Crippen molar-refractivity contribution in [2.24, 2.45) is 0 Å². The van der Waals surface area contributed by atoms with Crippen LogP contribution in [0.4, 0.5) is 0 Å². The molecule has 0 saturated heterocycles. The zero-order chi connectivity index (χ0) is 12.5. The third kappa shape index (κ3) is 1.76. The van der Waals surface area contributed by atoms with E-state index in [1.165, 1.54) is 48.8 Å². The third-order valence-corrected chi connectivity index (χ3v) is 4.24. The van der Waals surface area contributed by atoms with Crippen LogP contribution >= 0.6 is 0 Å². The van der Waals surface area contributed by atoms with Gasteiger partial charge in [-0.15, -0.1) is 0 Å². The van der Waals surface area contributed by atoms with Crippen LogP contribution in [0.15, 0.2) is 18.2 Å². The van der Waals surface area contributed by atoms with Gasteiger partial charge in [-0.05, 0) is 57.3 Å². The summed E-state index contributed by atoms with van der Waals surface area (Å²) < 4.78 is 2.54. The van der Waals surface area contributed by atoms with Crippen LogP contribution in [0.5, 0.6) is 0 Å². The Labute approximate surface area is 109 Å². The molecule has 0 spiro atoms. The van der Waals surface area contributed by atoms with Gasteiger partial charge in [0.1, 0.15) is 0 Å². The number of aromatic nitrogens is 1. The fraction of sp³-hybridized carbons (Fsp3) is 0.500. The SMILES string of the molecule is CNCCCc1c(C)n2c3c(cccc13)CCC2. The van der Waals surface area contributed by atoms with E-state index >= 15 is 0 Å². The standard InChI is InChI=1S/C16H22N2/c1-12-14(9-4-10-17-2)15-8-3-6-13-7-5-11-18(12)16(13)15/h3,6,8,17H,4-5,7,9-11H2,1-2H3. The lowest BCUT2D eigenvalue weighted by Crippen LogP contribution is -2.09. The maximum atomic E-state index is 3.24. The molecule has 2 aromatic rings. The molecule has 1 N–H and O–H groups in total. The molecule has 1 aromatic heterocycles. The predicted molar refractivity (Wildman–Crippen MR) is 77.2 cm³/mol. The minimum absolute atomic E-state index is 1.10. The lowest BCUT2D eigenvalue weighted by molar-refractivity contribution is 0.619. The van der Waals surface area contributed by atoms with Crippen LogP contribution in [-0.4, -0.2) is 18.2 Å². The van der Waals surface area contributed by atoms with E-state index in [0.717, 1.165) is 6.54 Å². The Morgan fingerprint density at radius 2 is 2.22 bits per heavy atom. The zero-order valence-electron chi connectivity index (χ0n) is 11.4. The maximum absolute atomic E-state index is 3.24. The molecule has 1 aliphatic heterocycles. The number of nitrogens with one attached hydrogen (secondary N) is 1. The normalized spacial score (nSPS) is 14.3. The summed E-state index contributed by atoms with van der Waals surface area (Å²) in [7, 11) is 2.03. The summed E-state index contributed by atoms with van der Waals surface area (Å²) in [6.07, 6.45) is 4.95. The molecule has 2 heteroatoms. The van der Waals surface area contributed by atoms with Gasteiger partial charge in [0.2, 0.25) is 0 Å². The molecule has 0 amide bonds. The van der Waals surface area contributed by atoms with Gasteiger partial charge in [0.25, 0.3) is 0 Å². The number of aryl methyl sites for hydroxylation is 3. The fourth-order valence-corrected chi connectivity index (χ4v) is 3.35. The second-order valence-electron chi connectivity index (χ2n) is 5.34. The Kier molecular flexibility index (Phi) is 3.13. The summed E-state index contributed by atoms with van der Waals surface area (Å²) >= 11 is 0. The number of benzene rings is 1. The molecule has 1 aromatic carbocycles.